The summed E-state index contributed by atoms with van der Waals surface area (Å²) >= 11 is 12.6. The molecule has 0 saturated carbocycles. The molecule has 1 heterocycles. The van der Waals surface area contributed by atoms with Gasteiger partial charge in [-0.05, 0) is 23.8 Å². The number of amides is 1. The predicted molar refractivity (Wildman–Crippen MR) is 116 cm³/mol. The van der Waals surface area contributed by atoms with Crippen LogP contribution in [-0.2, 0) is 11.0 Å². The zero-order chi connectivity index (χ0) is 23.5. The first-order valence-electron chi connectivity index (χ1n) is 8.75. The molecule has 0 fully saturated rings. The van der Waals surface area contributed by atoms with Gasteiger partial charge in [0.05, 0.1) is 15.5 Å². The molecule has 12 heteroatoms. The van der Waals surface area contributed by atoms with Crippen molar-refractivity contribution in [2.45, 2.75) is 16.5 Å². The molecule has 0 aliphatic carbocycles. The van der Waals surface area contributed by atoms with Crippen molar-refractivity contribution in [2.24, 2.45) is 0 Å². The van der Waals surface area contributed by atoms with Crippen LogP contribution < -0.4 is 5.32 Å². The van der Waals surface area contributed by atoms with Crippen LogP contribution >= 0.6 is 35.0 Å². The van der Waals surface area contributed by atoms with E-state index in [4.69, 9.17) is 23.2 Å². The van der Waals surface area contributed by atoms with Crippen molar-refractivity contribution in [3.8, 4) is 0 Å². The first kappa shape index (κ1) is 23.8. The average molecular weight is 502 g/mol. The van der Waals surface area contributed by atoms with E-state index in [1.165, 1.54) is 12.1 Å². The van der Waals surface area contributed by atoms with Crippen molar-refractivity contribution in [3.63, 3.8) is 0 Å². The molecule has 0 spiro atoms. The number of carbonyl (C=O) groups is 1. The molecule has 0 radical (unpaired) electrons. The lowest BCUT2D eigenvalue weighted by molar-refractivity contribution is -0.384. The Bertz CT molecular complexity index is 1160. The van der Waals surface area contributed by atoms with E-state index in [0.717, 1.165) is 23.9 Å². The molecule has 3 rings (SSSR count). The van der Waals surface area contributed by atoms with Crippen LogP contribution in [0.5, 0.6) is 0 Å². The molecule has 0 saturated heterocycles. The van der Waals surface area contributed by atoms with Gasteiger partial charge in [0.15, 0.2) is 0 Å². The molecule has 0 aliphatic heterocycles. The van der Waals surface area contributed by atoms with Gasteiger partial charge in [-0.2, -0.15) is 13.2 Å². The van der Waals surface area contributed by atoms with Crippen molar-refractivity contribution in [1.29, 1.82) is 0 Å². The number of anilines is 1. The van der Waals surface area contributed by atoms with E-state index in [0.29, 0.717) is 11.8 Å². The third-order valence-electron chi connectivity index (χ3n) is 4.12. The molecule has 6 nitrogen and oxygen atoms in total. The van der Waals surface area contributed by atoms with Gasteiger partial charge in [-0.1, -0.05) is 65.3 Å². The molecule has 0 bridgehead atoms. The topological polar surface area (TPSA) is 85.1 Å². The van der Waals surface area contributed by atoms with Crippen LogP contribution in [0.15, 0.2) is 65.8 Å². The second-order valence-corrected chi connectivity index (χ2v) is 8.24. The molecule has 2 aromatic carbocycles. The lowest BCUT2D eigenvalue weighted by Gasteiger charge is -2.18. The minimum Gasteiger partial charge on any atom is -0.325 e. The molecular weight excluding hydrogens is 490 g/mol. The maximum atomic E-state index is 13.0. The Morgan fingerprint density at radius 1 is 1.09 bits per heavy atom. The van der Waals surface area contributed by atoms with Crippen LogP contribution in [0, 0.1) is 10.1 Å². The highest BCUT2D eigenvalue weighted by Crippen LogP contribution is 2.40. The number of hydrogen-bond acceptors (Lipinski definition) is 5. The number of benzene rings is 2. The van der Waals surface area contributed by atoms with E-state index >= 15 is 0 Å². The van der Waals surface area contributed by atoms with Crippen molar-refractivity contribution in [3.05, 3.63) is 92.1 Å². The fraction of sp³-hybridized carbons (Fsp3) is 0.100. The molecule has 1 atom stereocenters. The van der Waals surface area contributed by atoms with Gasteiger partial charge < -0.3 is 5.32 Å². The van der Waals surface area contributed by atoms with Gasteiger partial charge in [0.2, 0.25) is 5.91 Å². The van der Waals surface area contributed by atoms with Gasteiger partial charge in [-0.3, -0.25) is 14.9 Å². The molecule has 166 valence electrons. The largest absolute Gasteiger partial charge is 0.417 e. The summed E-state index contributed by atoms with van der Waals surface area (Å²) < 4.78 is 38.7. The number of aromatic nitrogens is 1. The van der Waals surface area contributed by atoms with E-state index in [1.54, 1.807) is 30.3 Å². The minimum atomic E-state index is -4.61. The van der Waals surface area contributed by atoms with Gasteiger partial charge in [-0.15, -0.1) is 0 Å². The quantitative estimate of drug-likeness (QED) is 0.228. The minimum absolute atomic E-state index is 0.0192. The fourth-order valence-corrected chi connectivity index (χ4v) is 4.07. The number of halogens is 5. The first-order valence-corrected chi connectivity index (χ1v) is 10.4. The Kier molecular flexibility index (Phi) is 7.27. The molecule has 3 aromatic rings. The Morgan fingerprint density at radius 2 is 1.78 bits per heavy atom. The zero-order valence-corrected chi connectivity index (χ0v) is 18.1. The lowest BCUT2D eigenvalue weighted by atomic mass is 10.1. The summed E-state index contributed by atoms with van der Waals surface area (Å²) in [6.07, 6.45) is -3.98. The number of nitro groups is 1. The summed E-state index contributed by atoms with van der Waals surface area (Å²) in [5.74, 6) is -0.587. The second kappa shape index (κ2) is 9.76. The smallest absolute Gasteiger partial charge is 0.325 e. The summed E-state index contributed by atoms with van der Waals surface area (Å²) in [5, 5.41) is 12.4. The highest BCUT2D eigenvalue weighted by atomic mass is 35.5. The number of rotatable bonds is 6. The normalized spacial score (nSPS) is 12.3. The number of alkyl halides is 3. The number of nitro benzene ring substituents is 1. The van der Waals surface area contributed by atoms with Gasteiger partial charge >= 0.3 is 6.18 Å². The monoisotopic (exact) mass is 501 g/mol. The van der Waals surface area contributed by atoms with Gasteiger partial charge in [0.1, 0.15) is 15.3 Å². The van der Waals surface area contributed by atoms with Crippen LogP contribution in [0.25, 0.3) is 0 Å². The number of thioether (sulfide) groups is 1. The van der Waals surface area contributed by atoms with Crippen LogP contribution in [-0.4, -0.2) is 15.8 Å². The standard InChI is InChI=1S/C20H12Cl2F3N3O3S/c21-14-7-6-13(9-16(14)28(30)31)27-18(29)17(11-4-2-1-3-5-11)32-19-15(22)8-12(10-26-19)20(23,24)25/h1-10,17H,(H,27,29). The van der Waals surface area contributed by atoms with E-state index in [2.05, 4.69) is 10.3 Å². The SMILES string of the molecule is O=C(Nc1ccc(Cl)c([N+](=O)[O-])c1)C(Sc1ncc(C(F)(F)F)cc1Cl)c1ccccc1. The maximum absolute atomic E-state index is 13.0. The number of hydrogen-bond donors (Lipinski definition) is 1. The Labute approximate surface area is 193 Å². The molecule has 32 heavy (non-hydrogen) atoms. The van der Waals surface area contributed by atoms with Crippen molar-refractivity contribution >= 4 is 52.2 Å². The number of carbonyl (C=O) groups excluding carboxylic acids is 1. The van der Waals surface area contributed by atoms with Crippen molar-refractivity contribution in [2.75, 3.05) is 5.32 Å². The van der Waals surface area contributed by atoms with Crippen molar-refractivity contribution < 1.29 is 22.9 Å². The number of nitrogens with one attached hydrogen (secondary N) is 1. The average Bonchev–Trinajstić information content (AvgIpc) is 2.73. The van der Waals surface area contributed by atoms with Crippen LogP contribution in [0.3, 0.4) is 0 Å². The summed E-state index contributed by atoms with van der Waals surface area (Å²) in [5.41, 5.74) is -0.753. The lowest BCUT2D eigenvalue weighted by Crippen LogP contribution is -2.19. The predicted octanol–water partition coefficient (Wildman–Crippen LogP) is 6.79. The summed E-state index contributed by atoms with van der Waals surface area (Å²) in [7, 11) is 0. The van der Waals surface area contributed by atoms with Crippen LogP contribution in [0.2, 0.25) is 10.0 Å². The Hall–Kier alpha value is -2.82. The molecular formula is C20H12Cl2F3N3O3S. The molecule has 0 aliphatic rings. The Morgan fingerprint density at radius 3 is 2.38 bits per heavy atom. The van der Waals surface area contributed by atoms with Gasteiger partial charge in [0.25, 0.3) is 5.69 Å². The van der Waals surface area contributed by atoms with Gasteiger partial charge in [-0.25, -0.2) is 4.98 Å². The van der Waals surface area contributed by atoms with E-state index < -0.39 is 27.8 Å². The molecule has 1 unspecified atom stereocenters. The number of pyridine rings is 1. The molecule has 1 amide bonds. The highest BCUT2D eigenvalue weighted by molar-refractivity contribution is 8.00. The molecule has 1 aromatic heterocycles. The first-order chi connectivity index (χ1) is 15.1. The van der Waals surface area contributed by atoms with E-state index in [9.17, 15) is 28.1 Å². The highest BCUT2D eigenvalue weighted by Gasteiger charge is 2.32. The third-order valence-corrected chi connectivity index (χ3v) is 6.11. The van der Waals surface area contributed by atoms with Crippen LogP contribution in [0.4, 0.5) is 24.5 Å². The zero-order valence-electron chi connectivity index (χ0n) is 15.8. The Balaban J connectivity index is 1.92. The van der Waals surface area contributed by atoms with Crippen molar-refractivity contribution in [1.82, 2.24) is 4.98 Å². The second-order valence-electron chi connectivity index (χ2n) is 6.33. The summed E-state index contributed by atoms with van der Waals surface area (Å²) in [6.45, 7) is 0. The van der Waals surface area contributed by atoms with E-state index in [1.807, 2.05) is 0 Å². The van der Waals surface area contributed by atoms with Gasteiger partial charge in [0, 0.05) is 18.0 Å². The van der Waals surface area contributed by atoms with Crippen LogP contribution in [0.1, 0.15) is 16.4 Å². The summed E-state index contributed by atoms with van der Waals surface area (Å²) in [6, 6.07) is 12.9. The molecule has 1 N–H and O–H groups in total. The fourth-order valence-electron chi connectivity index (χ4n) is 2.62. The maximum Gasteiger partial charge on any atom is 0.417 e. The third kappa shape index (κ3) is 5.70. The summed E-state index contributed by atoms with van der Waals surface area (Å²) in [4.78, 5) is 27.2. The van der Waals surface area contributed by atoms with E-state index in [-0.39, 0.29) is 26.4 Å². The number of nitrogens with zero attached hydrogens (tertiary/aromatic N) is 2.